The summed E-state index contributed by atoms with van der Waals surface area (Å²) in [6, 6.07) is 17.5. The van der Waals surface area contributed by atoms with Crippen LogP contribution in [0.2, 0.25) is 0 Å². The third-order valence-electron chi connectivity index (χ3n) is 11.1. The maximum absolute atomic E-state index is 12.4. The number of Topliss-reactive ketones (excluding diaryl/α,β-unsaturated/α-hetero) is 1. The number of aliphatic hydroxyl groups is 1. The fourth-order valence-electron chi connectivity index (χ4n) is 7.88. The van der Waals surface area contributed by atoms with Gasteiger partial charge < -0.3 is 34.8 Å². The van der Waals surface area contributed by atoms with Gasteiger partial charge in [0.2, 0.25) is 0 Å². The maximum atomic E-state index is 12.4. The first-order chi connectivity index (χ1) is 30.5. The Bertz CT molecular complexity index is 1770. The molecule has 4 aliphatic rings. The maximum Gasteiger partial charge on any atom is 1.00 e. The molecule has 2 saturated heterocycles. The predicted molar refractivity (Wildman–Crippen MR) is 244 cm³/mol. The van der Waals surface area contributed by atoms with Crippen molar-refractivity contribution in [1.82, 2.24) is 0 Å². The van der Waals surface area contributed by atoms with Gasteiger partial charge in [-0.05, 0) is 49.8 Å². The minimum atomic E-state index is -0.511. The predicted octanol–water partition coefficient (Wildman–Crippen LogP) is 5.47. The number of fused-ring (bicyclic) bond motifs is 2. The van der Waals surface area contributed by atoms with Crippen LogP contribution in [0.25, 0.3) is 0 Å². The van der Waals surface area contributed by atoms with Crippen LogP contribution in [0.4, 0.5) is 0 Å². The molecule has 7 unspecified atom stereocenters. The number of carbonyl (C=O) groups excluding carboxylic acids is 7. The Morgan fingerprint density at radius 2 is 1.17 bits per heavy atom. The molecule has 356 valence electrons. The van der Waals surface area contributed by atoms with E-state index in [-0.39, 0.29) is 93.9 Å². The standard InChI is InChI=1S/C22H26O5.C15H14O5.C9H19O2P.CH4O.CH4.Li.O2.H/c1-2-3-5-10-16(23)11-12-17-18-13-21(24)26-20(18)14-19(17)27-22(25)15-8-6-4-7-9-15;16-8-11-10-6-14(17)19-12(10)7-13(11)20-15(18)9-4-2-1-3-5-9;1-4-5-6-7-9(10)8-12(3)11-2;1-2;;;1-2;/h4,6-9,11-12,17-20H,2-3,5,10,13-14H2,1H3;1-5,8,10-13H,6-7H2;4-8H2,1-3H3;2H,1H3;1H4;;;/q;;;;;+1;;-1/b12-11+;;;;;;;/t17-,18?,19?,20?;10?,11-,12?,13?;;;;;;/m11....../s1. The molecule has 17 heteroatoms. The number of carbonyl (C=O) groups is 7. The van der Waals surface area contributed by atoms with E-state index in [1.165, 1.54) is 12.8 Å². The molecule has 9 atom stereocenters. The smallest absolute Gasteiger partial charge is 1.00 e. The van der Waals surface area contributed by atoms with Crippen LogP contribution in [-0.4, -0.2) is 98.3 Å². The number of esters is 4. The van der Waals surface area contributed by atoms with Crippen molar-refractivity contribution in [2.75, 3.05) is 27.0 Å². The molecule has 2 aliphatic carbocycles. The number of unbranched alkanes of at least 4 members (excludes halogenated alkanes) is 4. The molecule has 15 nitrogen and oxygen atoms in total. The first kappa shape index (κ1) is 60.6. The van der Waals surface area contributed by atoms with Crippen LogP contribution in [0.15, 0.2) is 72.8 Å². The summed E-state index contributed by atoms with van der Waals surface area (Å²) in [6.45, 7) is 6.24. The fraction of sp³-hybridized carbons (Fsp3) is 0.562. The van der Waals surface area contributed by atoms with Crippen LogP contribution in [0.3, 0.4) is 0 Å². The molecule has 0 spiro atoms. The second-order valence-electron chi connectivity index (χ2n) is 15.4. The Hall–Kier alpha value is -4.38. The molecule has 2 aliphatic heterocycles. The Labute approximate surface area is 398 Å². The summed E-state index contributed by atoms with van der Waals surface area (Å²) in [4.78, 5) is 95.8. The van der Waals surface area contributed by atoms with Gasteiger partial charge in [0.05, 0.1) is 36.0 Å². The molecule has 65 heavy (non-hydrogen) atoms. The SMILES string of the molecule is C.CCCCCC(=O)/C=C/[C@H]1C(OC(=O)c2ccccc2)CC2OC(=O)CC21.CCCCCC(=O)CP(C)OC.CO.O=C[C@H]1C(OC(=O)c2ccccc2)CC2OC(=O)CC21.O=O.[H-].[Li+]. The van der Waals surface area contributed by atoms with Crippen LogP contribution in [0.5, 0.6) is 0 Å². The topological polar surface area (TPSA) is 220 Å². The van der Waals surface area contributed by atoms with E-state index in [0.29, 0.717) is 48.8 Å². The minimum absolute atomic E-state index is 0. The van der Waals surface area contributed by atoms with E-state index in [9.17, 15) is 33.6 Å². The number of aldehydes is 1. The molecule has 2 saturated carbocycles. The number of aliphatic hydroxyl groups excluding tert-OH is 1. The number of allylic oxidation sites excluding steroid dienone is 1. The van der Waals surface area contributed by atoms with Crippen LogP contribution in [0, 0.1) is 33.6 Å². The van der Waals surface area contributed by atoms with Gasteiger partial charge in [0, 0.05) is 75.7 Å². The summed E-state index contributed by atoms with van der Waals surface area (Å²) in [5.74, 6) is -1.73. The van der Waals surface area contributed by atoms with Crippen LogP contribution in [-0.2, 0) is 47.4 Å². The van der Waals surface area contributed by atoms with E-state index in [4.69, 9.17) is 38.5 Å². The Morgan fingerprint density at radius 1 is 0.738 bits per heavy atom. The van der Waals surface area contributed by atoms with Gasteiger partial charge in [-0.2, -0.15) is 0 Å². The number of hydrogen-bond donors (Lipinski definition) is 1. The van der Waals surface area contributed by atoms with Crippen LogP contribution in [0.1, 0.15) is 120 Å². The van der Waals surface area contributed by atoms with Crippen molar-refractivity contribution in [3.05, 3.63) is 93.9 Å². The van der Waals surface area contributed by atoms with Gasteiger partial charge in [-0.1, -0.05) is 89.4 Å². The average Bonchev–Trinajstić information content (AvgIpc) is 4.03. The first-order valence-electron chi connectivity index (χ1n) is 21.4. The summed E-state index contributed by atoms with van der Waals surface area (Å²) in [7, 11) is 2.18. The molecule has 6 rings (SSSR count). The number of benzene rings is 2. The number of ketones is 2. The van der Waals surface area contributed by atoms with Gasteiger partial charge in [-0.15, -0.1) is 0 Å². The van der Waals surface area contributed by atoms with Crippen molar-refractivity contribution in [2.45, 2.75) is 123 Å². The van der Waals surface area contributed by atoms with Crippen LogP contribution >= 0.6 is 8.15 Å². The van der Waals surface area contributed by atoms with Crippen molar-refractivity contribution in [2.24, 2.45) is 23.7 Å². The van der Waals surface area contributed by atoms with Gasteiger partial charge in [-0.3, -0.25) is 19.2 Å². The first-order valence-corrected chi connectivity index (χ1v) is 23.3. The number of ether oxygens (including phenoxy) is 4. The minimum Gasteiger partial charge on any atom is -1.00 e. The van der Waals surface area contributed by atoms with E-state index in [0.717, 1.165) is 45.5 Å². The van der Waals surface area contributed by atoms with Crippen molar-refractivity contribution in [1.29, 1.82) is 0 Å². The Balaban J connectivity index is 0. The summed E-state index contributed by atoms with van der Waals surface area (Å²) in [5.41, 5.74) is 0.941. The molecule has 0 bridgehead atoms. The number of hydrogen-bond acceptors (Lipinski definition) is 15. The molecule has 0 amide bonds. The molecule has 2 aromatic rings. The third-order valence-corrected chi connectivity index (χ3v) is 12.5. The second kappa shape index (κ2) is 34.0. The number of rotatable bonds is 18. The fourth-order valence-corrected chi connectivity index (χ4v) is 8.66. The van der Waals surface area contributed by atoms with Gasteiger partial charge in [0.1, 0.15) is 36.5 Å². The van der Waals surface area contributed by atoms with Gasteiger partial charge in [0.25, 0.3) is 0 Å². The molecular formula is C48H68LiO15P. The summed E-state index contributed by atoms with van der Waals surface area (Å²) in [5, 5.41) is 7.00. The second-order valence-corrected chi connectivity index (χ2v) is 17.4. The van der Waals surface area contributed by atoms with Crippen molar-refractivity contribution < 1.29 is 82.4 Å². The molecule has 4 fully saturated rings. The molecular weight excluding hydrogens is 854 g/mol. The van der Waals surface area contributed by atoms with Crippen LogP contribution < -0.4 is 18.9 Å². The molecule has 0 radical (unpaired) electrons. The summed E-state index contributed by atoms with van der Waals surface area (Å²) < 4.78 is 26.7. The van der Waals surface area contributed by atoms with Gasteiger partial charge in [0.15, 0.2) is 5.78 Å². The zero-order valence-electron chi connectivity index (χ0n) is 38.9. The molecule has 2 heterocycles. The van der Waals surface area contributed by atoms with Crippen molar-refractivity contribution in [3.63, 3.8) is 0 Å². The van der Waals surface area contributed by atoms with Gasteiger partial charge >= 0.3 is 42.7 Å². The quantitative estimate of drug-likeness (QED) is 0.0373. The molecule has 0 aromatic heterocycles. The Morgan fingerprint density at radius 3 is 1.60 bits per heavy atom. The zero-order chi connectivity index (χ0) is 46.7. The average molecular weight is 923 g/mol. The zero-order valence-corrected chi connectivity index (χ0v) is 38.8. The van der Waals surface area contributed by atoms with Gasteiger partial charge in [-0.25, -0.2) is 9.59 Å². The Kier molecular flexibility index (Phi) is 31.7. The van der Waals surface area contributed by atoms with E-state index in [2.05, 4.69) is 13.8 Å². The van der Waals surface area contributed by atoms with Crippen molar-refractivity contribution >= 4 is 49.9 Å². The summed E-state index contributed by atoms with van der Waals surface area (Å²) >= 11 is 0. The summed E-state index contributed by atoms with van der Waals surface area (Å²) in [6.07, 6.45) is 12.4. The monoisotopic (exact) mass is 922 g/mol. The molecule has 1 N–H and O–H groups in total. The normalized spacial score (nSPS) is 23.4. The van der Waals surface area contributed by atoms with E-state index in [1.807, 2.05) is 24.9 Å². The van der Waals surface area contributed by atoms with Crippen molar-refractivity contribution in [3.8, 4) is 0 Å². The third kappa shape index (κ3) is 20.4. The van der Waals surface area contributed by atoms with E-state index < -0.39 is 26.1 Å². The van der Waals surface area contributed by atoms with E-state index >= 15 is 0 Å². The van der Waals surface area contributed by atoms with E-state index in [1.54, 1.807) is 61.7 Å². The molecule has 2 aromatic carbocycles. The largest absolute Gasteiger partial charge is 1.00 e.